The van der Waals surface area contributed by atoms with E-state index in [1.165, 1.54) is 57.8 Å². The maximum absolute atomic E-state index is 11.9. The van der Waals surface area contributed by atoms with Crippen molar-refractivity contribution < 1.29 is 34.4 Å². The van der Waals surface area contributed by atoms with E-state index in [9.17, 15) is 24.6 Å². The first-order valence-electron chi connectivity index (χ1n) is 12.0. The number of unbranched alkanes of at least 4 members (excludes halogenated alkanes) is 14. The molecule has 0 amide bonds. The fraction of sp³-hybridized carbons (Fsp3) is 0.875. The minimum Gasteiger partial charge on any atom is -0.478 e. The van der Waals surface area contributed by atoms with E-state index in [0.29, 0.717) is 13.0 Å². The van der Waals surface area contributed by atoms with Gasteiger partial charge in [-0.25, -0.2) is 4.79 Å². The number of ketones is 1. The molecule has 0 saturated carbocycles. The molecule has 3 N–H and O–H groups in total. The Morgan fingerprint density at radius 3 is 1.42 bits per heavy atom. The number of aliphatic carboxylic acids is 1. The molecular formula is C24H44O7. The molecule has 0 aliphatic rings. The molecule has 2 atom stereocenters. The molecule has 2 unspecified atom stereocenters. The molecule has 0 rings (SSSR count). The molecule has 31 heavy (non-hydrogen) atoms. The second-order valence-corrected chi connectivity index (χ2v) is 8.63. The van der Waals surface area contributed by atoms with E-state index in [1.807, 2.05) is 0 Å². The van der Waals surface area contributed by atoms with Crippen LogP contribution in [0.3, 0.4) is 0 Å². The van der Waals surface area contributed by atoms with E-state index in [-0.39, 0.29) is 6.42 Å². The number of aliphatic hydroxyl groups is 2. The molecule has 0 aromatic rings. The molecule has 0 bridgehead atoms. The van der Waals surface area contributed by atoms with E-state index in [0.717, 1.165) is 46.0 Å². The highest BCUT2D eigenvalue weighted by Gasteiger charge is 2.46. The first-order valence-corrected chi connectivity index (χ1v) is 12.0. The van der Waals surface area contributed by atoms with Crippen LogP contribution >= 0.6 is 0 Å². The first kappa shape index (κ1) is 29.5. The Bertz CT molecular complexity index is 504. The third-order valence-electron chi connectivity index (χ3n) is 5.61. The number of carbonyl (C=O) groups excluding carboxylic acids is 2. The van der Waals surface area contributed by atoms with Crippen molar-refractivity contribution in [1.82, 2.24) is 0 Å². The molecule has 0 aromatic carbocycles. The number of carboxylic acids is 1. The summed E-state index contributed by atoms with van der Waals surface area (Å²) in [6.45, 7) is 2.47. The van der Waals surface area contributed by atoms with Crippen molar-refractivity contribution in [2.45, 2.75) is 128 Å². The van der Waals surface area contributed by atoms with Crippen molar-refractivity contribution in [3.63, 3.8) is 0 Å². The quantitative estimate of drug-likeness (QED) is 0.135. The Morgan fingerprint density at radius 2 is 1.10 bits per heavy atom. The molecule has 7 heteroatoms. The second-order valence-electron chi connectivity index (χ2n) is 8.63. The van der Waals surface area contributed by atoms with Crippen LogP contribution in [0.2, 0.25) is 0 Å². The monoisotopic (exact) mass is 444 g/mol. The number of aliphatic hydroxyl groups excluding tert-OH is 2. The maximum Gasteiger partial charge on any atom is 0.355 e. The van der Waals surface area contributed by atoms with Crippen LogP contribution in [-0.4, -0.2) is 51.4 Å². The van der Waals surface area contributed by atoms with Crippen molar-refractivity contribution >= 4 is 17.7 Å². The van der Waals surface area contributed by atoms with Gasteiger partial charge in [0.05, 0.1) is 0 Å². The molecule has 0 heterocycles. The fourth-order valence-electron chi connectivity index (χ4n) is 3.56. The van der Waals surface area contributed by atoms with Crippen LogP contribution in [0.1, 0.15) is 117 Å². The lowest BCUT2D eigenvalue weighted by Gasteiger charge is -2.24. The Labute approximate surface area is 187 Å². The van der Waals surface area contributed by atoms with E-state index >= 15 is 0 Å². The third-order valence-corrected chi connectivity index (χ3v) is 5.61. The Balaban J connectivity index is 3.63. The SMILES string of the molecule is CC(O)C(=O)C(C)(OC(=O)CCCCCCCCCCCCCCCCCO)C(=O)O. The van der Waals surface area contributed by atoms with Gasteiger partial charge in [0.25, 0.3) is 5.60 Å². The highest BCUT2D eigenvalue weighted by molar-refractivity contribution is 6.09. The van der Waals surface area contributed by atoms with E-state index in [4.69, 9.17) is 9.84 Å². The van der Waals surface area contributed by atoms with Crippen molar-refractivity contribution in [2.24, 2.45) is 0 Å². The topological polar surface area (TPSA) is 121 Å². The van der Waals surface area contributed by atoms with Gasteiger partial charge in [-0.1, -0.05) is 83.5 Å². The summed E-state index contributed by atoms with van der Waals surface area (Å²) in [5.74, 6) is -3.34. The number of ether oxygens (including phenoxy) is 1. The molecular weight excluding hydrogens is 400 g/mol. The molecule has 0 saturated heterocycles. The summed E-state index contributed by atoms with van der Waals surface area (Å²) >= 11 is 0. The van der Waals surface area contributed by atoms with Gasteiger partial charge >= 0.3 is 11.9 Å². The number of hydrogen-bond acceptors (Lipinski definition) is 6. The predicted molar refractivity (Wildman–Crippen MR) is 120 cm³/mol. The molecule has 0 aliphatic heterocycles. The van der Waals surface area contributed by atoms with Gasteiger partial charge in [-0.05, 0) is 26.7 Å². The minimum atomic E-state index is -2.34. The lowest BCUT2D eigenvalue weighted by molar-refractivity contribution is -0.183. The average Bonchev–Trinajstić information content (AvgIpc) is 2.72. The van der Waals surface area contributed by atoms with Crippen LogP contribution in [0, 0.1) is 0 Å². The summed E-state index contributed by atoms with van der Waals surface area (Å²) < 4.78 is 4.89. The summed E-state index contributed by atoms with van der Waals surface area (Å²) in [6.07, 6.45) is 15.6. The number of carbonyl (C=O) groups is 3. The Kier molecular flexibility index (Phi) is 17.3. The maximum atomic E-state index is 11.9. The van der Waals surface area contributed by atoms with Gasteiger partial charge < -0.3 is 20.1 Å². The largest absolute Gasteiger partial charge is 0.478 e. The van der Waals surface area contributed by atoms with E-state index in [2.05, 4.69) is 0 Å². The number of hydrogen-bond donors (Lipinski definition) is 3. The molecule has 0 aliphatic carbocycles. The van der Waals surface area contributed by atoms with Crippen LogP contribution < -0.4 is 0 Å². The zero-order chi connectivity index (χ0) is 23.5. The highest BCUT2D eigenvalue weighted by Crippen LogP contribution is 2.18. The predicted octanol–water partition coefficient (Wildman–Crippen LogP) is 4.56. The summed E-state index contributed by atoms with van der Waals surface area (Å²) in [7, 11) is 0. The lowest BCUT2D eigenvalue weighted by atomic mass is 9.97. The van der Waals surface area contributed by atoms with Crippen LogP contribution in [-0.2, 0) is 19.1 Å². The zero-order valence-corrected chi connectivity index (χ0v) is 19.6. The van der Waals surface area contributed by atoms with Gasteiger partial charge in [0.15, 0.2) is 0 Å². The van der Waals surface area contributed by atoms with Gasteiger partial charge in [0.1, 0.15) is 6.10 Å². The van der Waals surface area contributed by atoms with Crippen LogP contribution in [0.4, 0.5) is 0 Å². The van der Waals surface area contributed by atoms with E-state index < -0.39 is 29.4 Å². The van der Waals surface area contributed by atoms with E-state index in [1.54, 1.807) is 0 Å². The highest BCUT2D eigenvalue weighted by atomic mass is 16.6. The zero-order valence-electron chi connectivity index (χ0n) is 19.6. The number of carboxylic acid groups (broad SMARTS) is 1. The summed E-state index contributed by atoms with van der Waals surface area (Å²) in [6, 6.07) is 0. The minimum absolute atomic E-state index is 0.0654. The molecule has 0 fully saturated rings. The van der Waals surface area contributed by atoms with Crippen molar-refractivity contribution in [3.8, 4) is 0 Å². The van der Waals surface area contributed by atoms with Gasteiger partial charge in [-0.2, -0.15) is 0 Å². The molecule has 0 spiro atoms. The summed E-state index contributed by atoms with van der Waals surface area (Å²) in [5.41, 5.74) is -2.34. The van der Waals surface area contributed by atoms with Crippen molar-refractivity contribution in [3.05, 3.63) is 0 Å². The molecule has 182 valence electrons. The first-order chi connectivity index (χ1) is 14.8. The van der Waals surface area contributed by atoms with Gasteiger partial charge in [-0.3, -0.25) is 9.59 Å². The smallest absolute Gasteiger partial charge is 0.355 e. The Morgan fingerprint density at radius 1 is 0.742 bits per heavy atom. The van der Waals surface area contributed by atoms with Crippen LogP contribution in [0.25, 0.3) is 0 Å². The number of rotatable bonds is 21. The average molecular weight is 445 g/mol. The van der Waals surface area contributed by atoms with Gasteiger partial charge in [0.2, 0.25) is 5.78 Å². The molecule has 7 nitrogen and oxygen atoms in total. The normalized spacial score (nSPS) is 14.1. The molecule has 0 radical (unpaired) electrons. The van der Waals surface area contributed by atoms with Crippen molar-refractivity contribution in [1.29, 1.82) is 0 Å². The van der Waals surface area contributed by atoms with Crippen LogP contribution in [0.15, 0.2) is 0 Å². The molecule has 0 aromatic heterocycles. The van der Waals surface area contributed by atoms with Crippen molar-refractivity contribution in [2.75, 3.05) is 6.61 Å². The van der Waals surface area contributed by atoms with Gasteiger partial charge in [-0.15, -0.1) is 0 Å². The lowest BCUT2D eigenvalue weighted by Crippen LogP contribution is -2.51. The number of esters is 1. The Hall–Kier alpha value is -1.47. The summed E-state index contributed by atoms with van der Waals surface area (Å²) in [5, 5.41) is 27.3. The number of Topliss-reactive ketones (excluding diaryl/α,β-unsaturated/α-hetero) is 1. The second kappa shape index (κ2) is 18.1. The van der Waals surface area contributed by atoms with Gasteiger partial charge in [0, 0.05) is 13.0 Å². The summed E-state index contributed by atoms with van der Waals surface area (Å²) in [4.78, 5) is 35.1. The standard InChI is InChI=1S/C24H44O7/c1-20(26)22(28)24(2,23(29)30)31-21(27)18-16-14-12-10-8-6-4-3-5-7-9-11-13-15-17-19-25/h20,25-26H,3-19H2,1-2H3,(H,29,30). The van der Waals surface area contributed by atoms with Crippen LogP contribution in [0.5, 0.6) is 0 Å². The third kappa shape index (κ3) is 14.3. The fourth-order valence-corrected chi connectivity index (χ4v) is 3.56.